The molecule has 0 aliphatic rings. The van der Waals surface area contributed by atoms with Crippen molar-refractivity contribution in [3.8, 4) is 0 Å². The first-order chi connectivity index (χ1) is 8.63. The van der Waals surface area contributed by atoms with Gasteiger partial charge in [0, 0.05) is 6.54 Å². The number of hydrogen-bond donors (Lipinski definition) is 1. The summed E-state index contributed by atoms with van der Waals surface area (Å²) in [6, 6.07) is 4.14. The molecule has 0 fully saturated rings. The average Bonchev–Trinajstić information content (AvgIpc) is 2.34. The summed E-state index contributed by atoms with van der Waals surface area (Å²) in [7, 11) is 0. The van der Waals surface area contributed by atoms with Gasteiger partial charge >= 0.3 is 5.63 Å². The zero-order valence-corrected chi connectivity index (χ0v) is 11.0. The van der Waals surface area contributed by atoms with E-state index in [-0.39, 0.29) is 5.63 Å². The Kier molecular flexibility index (Phi) is 3.65. The van der Waals surface area contributed by atoms with Crippen LogP contribution in [0.2, 0.25) is 0 Å². The van der Waals surface area contributed by atoms with Crippen LogP contribution in [0.4, 0.5) is 6.01 Å². The largest absolute Gasteiger partial charge is 0.389 e. The molecule has 0 saturated carbocycles. The normalized spacial score (nSPS) is 10.8. The van der Waals surface area contributed by atoms with E-state index < -0.39 is 0 Å². The maximum atomic E-state index is 12.0. The van der Waals surface area contributed by atoms with E-state index in [1.807, 2.05) is 26.0 Å². The van der Waals surface area contributed by atoms with Crippen molar-refractivity contribution in [2.45, 2.75) is 33.6 Å². The topological polar surface area (TPSA) is 55.1 Å². The molecule has 0 aliphatic carbocycles. The highest BCUT2D eigenvalue weighted by Gasteiger charge is 2.09. The number of nitrogens with zero attached hydrogens (tertiary/aromatic N) is 1. The summed E-state index contributed by atoms with van der Waals surface area (Å²) < 4.78 is 5.20. The molecule has 2 aromatic rings. The van der Waals surface area contributed by atoms with E-state index in [1.165, 1.54) is 0 Å². The molecule has 0 atom stereocenters. The van der Waals surface area contributed by atoms with Crippen LogP contribution in [0, 0.1) is 13.8 Å². The van der Waals surface area contributed by atoms with Crippen molar-refractivity contribution >= 4 is 16.9 Å². The first kappa shape index (κ1) is 12.6. The minimum absolute atomic E-state index is 0.309. The van der Waals surface area contributed by atoms with Gasteiger partial charge in [-0.3, -0.25) is 0 Å². The Labute approximate surface area is 106 Å². The van der Waals surface area contributed by atoms with Gasteiger partial charge in [0.25, 0.3) is 6.01 Å². The molecule has 1 heterocycles. The number of benzene rings is 1. The van der Waals surface area contributed by atoms with Crippen LogP contribution in [-0.4, -0.2) is 11.5 Å². The van der Waals surface area contributed by atoms with Crippen LogP contribution in [0.25, 0.3) is 10.9 Å². The number of anilines is 1. The van der Waals surface area contributed by atoms with Crippen molar-refractivity contribution in [2.75, 3.05) is 11.9 Å². The lowest BCUT2D eigenvalue weighted by Crippen LogP contribution is -2.10. The smallest absolute Gasteiger partial charge is 0.348 e. The lowest BCUT2D eigenvalue weighted by atomic mass is 10.1. The van der Waals surface area contributed by atoms with Gasteiger partial charge < -0.3 is 9.73 Å². The molecule has 1 aromatic carbocycles. The van der Waals surface area contributed by atoms with Crippen LogP contribution in [-0.2, 0) is 0 Å². The maximum absolute atomic E-state index is 12.0. The van der Waals surface area contributed by atoms with E-state index in [1.54, 1.807) is 0 Å². The van der Waals surface area contributed by atoms with E-state index in [2.05, 4.69) is 17.2 Å². The molecule has 0 bridgehead atoms. The van der Waals surface area contributed by atoms with Crippen LogP contribution in [0.5, 0.6) is 0 Å². The molecule has 4 heteroatoms. The van der Waals surface area contributed by atoms with E-state index >= 15 is 0 Å². The second-order valence-corrected chi connectivity index (χ2v) is 4.49. The number of unbranched alkanes of at least 4 members (excludes halogenated alkanes) is 1. The lowest BCUT2D eigenvalue weighted by molar-refractivity contribution is 0.515. The third-order valence-corrected chi connectivity index (χ3v) is 3.14. The summed E-state index contributed by atoms with van der Waals surface area (Å²) in [6.07, 6.45) is 2.11. The van der Waals surface area contributed by atoms with Gasteiger partial charge in [-0.15, -0.1) is 0 Å². The second-order valence-electron chi connectivity index (χ2n) is 4.49. The van der Waals surface area contributed by atoms with Gasteiger partial charge in [-0.25, -0.2) is 4.79 Å². The van der Waals surface area contributed by atoms with Crippen LogP contribution in [0.15, 0.2) is 21.3 Å². The Morgan fingerprint density at radius 1 is 1.33 bits per heavy atom. The highest BCUT2D eigenvalue weighted by molar-refractivity contribution is 5.82. The van der Waals surface area contributed by atoms with Crippen molar-refractivity contribution in [3.05, 3.63) is 33.7 Å². The molecule has 0 radical (unpaired) electrons. The Morgan fingerprint density at radius 3 is 2.83 bits per heavy atom. The first-order valence-corrected chi connectivity index (χ1v) is 6.28. The van der Waals surface area contributed by atoms with Crippen molar-refractivity contribution in [1.29, 1.82) is 0 Å². The highest BCUT2D eigenvalue weighted by atomic mass is 16.4. The zero-order valence-electron chi connectivity index (χ0n) is 11.0. The molecule has 0 spiro atoms. The molecule has 0 amide bonds. The molecular weight excluding hydrogens is 228 g/mol. The van der Waals surface area contributed by atoms with Gasteiger partial charge in [-0.2, -0.15) is 4.98 Å². The fraction of sp³-hybridized carbons (Fsp3) is 0.429. The minimum Gasteiger partial charge on any atom is -0.389 e. The second kappa shape index (κ2) is 5.21. The Hall–Kier alpha value is -1.84. The number of aromatic nitrogens is 1. The lowest BCUT2D eigenvalue weighted by Gasteiger charge is -2.06. The van der Waals surface area contributed by atoms with Gasteiger partial charge in [0.15, 0.2) is 0 Å². The van der Waals surface area contributed by atoms with Crippen molar-refractivity contribution in [2.24, 2.45) is 0 Å². The summed E-state index contributed by atoms with van der Waals surface area (Å²) in [4.78, 5) is 16.3. The van der Waals surface area contributed by atoms with Gasteiger partial charge in [0.1, 0.15) is 0 Å². The van der Waals surface area contributed by atoms with Crippen molar-refractivity contribution in [1.82, 2.24) is 4.98 Å². The summed E-state index contributed by atoms with van der Waals surface area (Å²) in [6.45, 7) is 6.77. The van der Waals surface area contributed by atoms with Crippen molar-refractivity contribution < 1.29 is 4.42 Å². The van der Waals surface area contributed by atoms with Gasteiger partial charge in [0.05, 0.1) is 10.9 Å². The third kappa shape index (κ3) is 2.37. The molecule has 96 valence electrons. The third-order valence-electron chi connectivity index (χ3n) is 3.14. The number of hydrogen-bond acceptors (Lipinski definition) is 4. The SMILES string of the molecule is CCCCNc1nc2ccc(C)c(C)c2c(=O)o1. The summed E-state index contributed by atoms with van der Waals surface area (Å²) in [5.41, 5.74) is 2.38. The molecule has 0 saturated heterocycles. The molecule has 1 aromatic heterocycles. The molecule has 4 nitrogen and oxygen atoms in total. The first-order valence-electron chi connectivity index (χ1n) is 6.28. The fourth-order valence-electron chi connectivity index (χ4n) is 1.87. The van der Waals surface area contributed by atoms with Gasteiger partial charge in [0.2, 0.25) is 0 Å². The maximum Gasteiger partial charge on any atom is 0.348 e. The Balaban J connectivity index is 2.44. The van der Waals surface area contributed by atoms with Crippen LogP contribution in [0.3, 0.4) is 0 Å². The summed E-state index contributed by atoms with van der Waals surface area (Å²) in [5, 5.41) is 3.61. The quantitative estimate of drug-likeness (QED) is 0.842. The molecule has 18 heavy (non-hydrogen) atoms. The van der Waals surface area contributed by atoms with Crippen LogP contribution >= 0.6 is 0 Å². The highest BCUT2D eigenvalue weighted by Crippen LogP contribution is 2.18. The molecule has 2 rings (SSSR count). The fourth-order valence-corrected chi connectivity index (χ4v) is 1.87. The van der Waals surface area contributed by atoms with Gasteiger partial charge in [-0.1, -0.05) is 19.4 Å². The summed E-state index contributed by atoms with van der Waals surface area (Å²) >= 11 is 0. The Bertz CT molecular complexity index is 617. The van der Waals surface area contributed by atoms with Crippen LogP contribution in [0.1, 0.15) is 30.9 Å². The predicted molar refractivity (Wildman–Crippen MR) is 73.2 cm³/mol. The molecule has 1 N–H and O–H groups in total. The minimum atomic E-state index is -0.319. The zero-order chi connectivity index (χ0) is 13.1. The van der Waals surface area contributed by atoms with Gasteiger partial charge in [-0.05, 0) is 37.5 Å². The number of nitrogens with one attached hydrogen (secondary N) is 1. The molecular formula is C14H18N2O2. The molecule has 0 unspecified atom stereocenters. The van der Waals surface area contributed by atoms with E-state index in [9.17, 15) is 4.79 Å². The van der Waals surface area contributed by atoms with Crippen molar-refractivity contribution in [3.63, 3.8) is 0 Å². The monoisotopic (exact) mass is 246 g/mol. The molecule has 0 aliphatic heterocycles. The average molecular weight is 246 g/mol. The predicted octanol–water partition coefficient (Wildman–Crippen LogP) is 3.02. The number of rotatable bonds is 4. The Morgan fingerprint density at radius 2 is 2.11 bits per heavy atom. The van der Waals surface area contributed by atoms with E-state index in [0.29, 0.717) is 16.9 Å². The summed E-state index contributed by atoms with van der Waals surface area (Å²) in [5.74, 6) is 0. The number of aryl methyl sites for hydroxylation is 2. The standard InChI is InChI=1S/C14H18N2O2/c1-4-5-8-15-14-16-11-7-6-9(2)10(3)12(11)13(17)18-14/h6-7H,4-5,8H2,1-3H3,(H,15,16). The number of fused-ring (bicyclic) bond motifs is 1. The van der Waals surface area contributed by atoms with Crippen LogP contribution < -0.4 is 10.9 Å². The van der Waals surface area contributed by atoms with E-state index in [4.69, 9.17) is 4.42 Å². The van der Waals surface area contributed by atoms with E-state index in [0.717, 1.165) is 30.5 Å².